The molecule has 5 rings (SSSR count). The second-order valence-electron chi connectivity index (χ2n) is 6.41. The molecule has 0 nitrogen and oxygen atoms in total. The molecule has 4 aliphatic carbocycles. The Morgan fingerprint density at radius 2 is 1.65 bits per heavy atom. The lowest BCUT2D eigenvalue weighted by Gasteiger charge is -2.37. The average Bonchev–Trinajstić information content (AvgIpc) is 2.57. The van der Waals surface area contributed by atoms with Crippen molar-refractivity contribution >= 4 is 79.3 Å². The molecule has 0 spiro atoms. The molecule has 0 saturated heterocycles. The Bertz CT molecular complexity index is 1190. The third-order valence-electron chi connectivity index (χ3n) is 5.16. The van der Waals surface area contributed by atoms with Crippen LogP contribution in [0.5, 0.6) is 0 Å². The molecule has 0 bridgehead atoms. The molecule has 130 valence electrons. The van der Waals surface area contributed by atoms with Crippen LogP contribution in [-0.2, 0) is 0 Å². The SMILES string of the molecule is FC1=CC(Br)=C2C(Br)=CC=C3C4=c5c(c(Br)ccc5=C1C32)C(Br)=CC4F. The van der Waals surface area contributed by atoms with Gasteiger partial charge in [-0.25, -0.2) is 8.78 Å². The zero-order chi connectivity index (χ0) is 18.3. The van der Waals surface area contributed by atoms with Crippen molar-refractivity contribution in [3.63, 3.8) is 0 Å². The Morgan fingerprint density at radius 3 is 2.42 bits per heavy atom. The molecule has 0 fully saturated rings. The van der Waals surface area contributed by atoms with Crippen LogP contribution in [0.15, 0.2) is 66.8 Å². The summed E-state index contributed by atoms with van der Waals surface area (Å²) < 4.78 is 33.4. The van der Waals surface area contributed by atoms with Gasteiger partial charge in [0.2, 0.25) is 0 Å². The van der Waals surface area contributed by atoms with Crippen molar-refractivity contribution in [1.82, 2.24) is 0 Å². The second-order valence-corrected chi connectivity index (χ2v) is 9.83. The summed E-state index contributed by atoms with van der Waals surface area (Å²) in [5.41, 5.74) is 3.84. The van der Waals surface area contributed by atoms with Gasteiger partial charge in [0.15, 0.2) is 0 Å². The van der Waals surface area contributed by atoms with Crippen LogP contribution in [0.3, 0.4) is 0 Å². The number of fused-ring (bicyclic) bond motifs is 1. The van der Waals surface area contributed by atoms with E-state index in [-0.39, 0.29) is 11.7 Å². The average molecular weight is 606 g/mol. The van der Waals surface area contributed by atoms with Crippen LogP contribution in [0.1, 0.15) is 5.56 Å². The van der Waals surface area contributed by atoms with Gasteiger partial charge in [0, 0.05) is 40.5 Å². The maximum absolute atomic E-state index is 15.2. The molecule has 26 heavy (non-hydrogen) atoms. The Hall–Kier alpha value is -0.560. The number of hydrogen-bond acceptors (Lipinski definition) is 0. The second kappa shape index (κ2) is 5.97. The number of hydrogen-bond donors (Lipinski definition) is 0. The first-order valence-corrected chi connectivity index (χ1v) is 11.0. The summed E-state index contributed by atoms with van der Waals surface area (Å²) in [5.74, 6) is -0.614. The van der Waals surface area contributed by atoms with Crippen LogP contribution in [0.4, 0.5) is 8.78 Å². The minimum absolute atomic E-state index is 0.289. The van der Waals surface area contributed by atoms with Gasteiger partial charge in [0.25, 0.3) is 0 Å². The highest BCUT2D eigenvalue weighted by molar-refractivity contribution is 9.15. The normalized spacial score (nSPS) is 25.9. The minimum Gasteiger partial charge on any atom is -0.238 e. The van der Waals surface area contributed by atoms with Crippen molar-refractivity contribution in [2.75, 3.05) is 0 Å². The molecule has 1 aromatic carbocycles. The summed E-state index contributed by atoms with van der Waals surface area (Å²) in [5, 5.41) is 1.52. The Morgan fingerprint density at radius 1 is 0.885 bits per heavy atom. The fraction of sp³-hybridized carbons (Fsp3) is 0.100. The number of halogens is 6. The van der Waals surface area contributed by atoms with Gasteiger partial charge in [-0.05, 0) is 45.9 Å². The molecule has 0 radical (unpaired) electrons. The van der Waals surface area contributed by atoms with Gasteiger partial charge < -0.3 is 0 Å². The number of alkyl halides is 1. The Kier molecular flexibility index (Phi) is 4.02. The summed E-state index contributed by atoms with van der Waals surface area (Å²) in [6.07, 6.45) is 5.63. The maximum atomic E-state index is 15.2. The van der Waals surface area contributed by atoms with Crippen molar-refractivity contribution in [3.05, 3.63) is 82.8 Å². The molecule has 0 aliphatic heterocycles. The lowest BCUT2D eigenvalue weighted by molar-refractivity contribution is 0.475. The molecular weight excluding hydrogens is 598 g/mol. The van der Waals surface area contributed by atoms with E-state index in [0.717, 1.165) is 36.1 Å². The van der Waals surface area contributed by atoms with Gasteiger partial charge in [-0.1, -0.05) is 75.9 Å². The van der Waals surface area contributed by atoms with Gasteiger partial charge in [-0.15, -0.1) is 0 Å². The van der Waals surface area contributed by atoms with Gasteiger partial charge in [0.1, 0.15) is 12.0 Å². The summed E-state index contributed by atoms with van der Waals surface area (Å²) in [6, 6.07) is 3.78. The van der Waals surface area contributed by atoms with E-state index in [1.54, 1.807) is 6.08 Å². The third-order valence-corrected chi connectivity index (χ3v) is 7.82. The number of benzene rings is 1. The highest BCUT2D eigenvalue weighted by Crippen LogP contribution is 2.52. The van der Waals surface area contributed by atoms with Gasteiger partial charge in [-0.3, -0.25) is 0 Å². The van der Waals surface area contributed by atoms with E-state index in [1.807, 2.05) is 24.3 Å². The summed E-state index contributed by atoms with van der Waals surface area (Å²) >= 11 is 14.1. The zero-order valence-electron chi connectivity index (χ0n) is 12.9. The quantitative estimate of drug-likeness (QED) is 0.330. The van der Waals surface area contributed by atoms with E-state index in [2.05, 4.69) is 63.7 Å². The van der Waals surface area contributed by atoms with E-state index < -0.39 is 6.17 Å². The van der Waals surface area contributed by atoms with Crippen LogP contribution >= 0.6 is 63.7 Å². The summed E-state index contributed by atoms with van der Waals surface area (Å²) in [7, 11) is 0. The molecular formula is C20H8Br4F2. The zero-order valence-corrected chi connectivity index (χ0v) is 19.2. The van der Waals surface area contributed by atoms with E-state index in [9.17, 15) is 0 Å². The molecule has 0 N–H and O–H groups in total. The molecule has 0 amide bonds. The third kappa shape index (κ3) is 2.19. The lowest BCUT2D eigenvalue weighted by atomic mass is 9.69. The van der Waals surface area contributed by atoms with Crippen LogP contribution in [0.2, 0.25) is 0 Å². The standard InChI is InChI=1S/C20H8Br4F2/c21-9-3-1-7-15-13(25)5-12(24)20-10(22)4-2-8(18(15)20)16-14(26)6-11(23)19(9)17(7)16/h1-6,13,17H. The molecule has 2 unspecified atom stereocenters. The van der Waals surface area contributed by atoms with Crippen LogP contribution < -0.4 is 10.4 Å². The molecule has 2 atom stereocenters. The molecule has 4 aliphatic rings. The Labute approximate surface area is 181 Å². The van der Waals surface area contributed by atoms with Crippen molar-refractivity contribution in [2.24, 2.45) is 5.92 Å². The minimum atomic E-state index is -1.25. The lowest BCUT2D eigenvalue weighted by Crippen LogP contribution is -2.44. The molecule has 0 saturated carbocycles. The predicted molar refractivity (Wildman–Crippen MR) is 116 cm³/mol. The van der Waals surface area contributed by atoms with Crippen molar-refractivity contribution < 1.29 is 8.78 Å². The first-order valence-electron chi connectivity index (χ1n) is 7.84. The van der Waals surface area contributed by atoms with Gasteiger partial charge >= 0.3 is 0 Å². The highest BCUT2D eigenvalue weighted by atomic mass is 79.9. The first-order chi connectivity index (χ1) is 12.4. The van der Waals surface area contributed by atoms with E-state index in [0.29, 0.717) is 20.1 Å². The summed E-state index contributed by atoms with van der Waals surface area (Å²) in [6.45, 7) is 0. The molecule has 6 heteroatoms. The molecule has 0 aromatic heterocycles. The van der Waals surface area contributed by atoms with Gasteiger partial charge in [0.05, 0.1) is 0 Å². The number of rotatable bonds is 0. The van der Waals surface area contributed by atoms with Crippen molar-refractivity contribution in [3.8, 4) is 0 Å². The number of allylic oxidation sites excluding steroid dienone is 9. The molecule has 1 aromatic rings. The smallest absolute Gasteiger partial charge is 0.146 e. The van der Waals surface area contributed by atoms with Crippen LogP contribution in [0, 0.1) is 5.92 Å². The fourth-order valence-corrected chi connectivity index (χ4v) is 7.12. The van der Waals surface area contributed by atoms with Crippen molar-refractivity contribution in [2.45, 2.75) is 6.17 Å². The van der Waals surface area contributed by atoms with Crippen LogP contribution in [-0.4, -0.2) is 6.17 Å². The fourth-order valence-electron chi connectivity index (χ4n) is 4.18. The van der Waals surface area contributed by atoms with E-state index >= 15 is 8.78 Å². The topological polar surface area (TPSA) is 0 Å². The highest BCUT2D eigenvalue weighted by Gasteiger charge is 2.41. The van der Waals surface area contributed by atoms with Crippen LogP contribution in [0.25, 0.3) is 15.6 Å². The maximum Gasteiger partial charge on any atom is 0.146 e. The Balaban J connectivity index is 2.07. The molecule has 0 heterocycles. The first kappa shape index (κ1) is 17.5. The summed E-state index contributed by atoms with van der Waals surface area (Å²) in [4.78, 5) is 0. The van der Waals surface area contributed by atoms with E-state index in [4.69, 9.17) is 0 Å². The van der Waals surface area contributed by atoms with Crippen molar-refractivity contribution in [1.29, 1.82) is 0 Å². The predicted octanol–water partition coefficient (Wildman–Crippen LogP) is 6.20. The van der Waals surface area contributed by atoms with Gasteiger partial charge in [-0.2, -0.15) is 0 Å². The monoisotopic (exact) mass is 602 g/mol. The largest absolute Gasteiger partial charge is 0.238 e. The van der Waals surface area contributed by atoms with E-state index in [1.165, 1.54) is 6.08 Å².